The number of pyridine rings is 1. The number of rotatable bonds is 9. The number of carbonyl (C=O) groups excluding carboxylic acids is 1. The van der Waals surface area contributed by atoms with Crippen molar-refractivity contribution in [1.29, 1.82) is 0 Å². The molecule has 1 fully saturated rings. The van der Waals surface area contributed by atoms with Gasteiger partial charge in [0.05, 0.1) is 38.0 Å². The normalized spacial score (nSPS) is 16.0. The Morgan fingerprint density at radius 2 is 2.00 bits per heavy atom. The lowest BCUT2D eigenvalue weighted by Gasteiger charge is -2.33. The first-order valence-corrected chi connectivity index (χ1v) is 12.1. The van der Waals surface area contributed by atoms with E-state index in [1.54, 1.807) is 17.9 Å². The Balaban J connectivity index is 2.01. The molecule has 1 aromatic heterocycles. The number of nitrogens with zero attached hydrogens (tertiary/aromatic N) is 2. The van der Waals surface area contributed by atoms with Crippen LogP contribution in [0.5, 0.6) is 11.5 Å². The molecule has 1 atom stereocenters. The highest BCUT2D eigenvalue weighted by Crippen LogP contribution is 2.34. The summed E-state index contributed by atoms with van der Waals surface area (Å²) < 4.78 is 44.5. The van der Waals surface area contributed by atoms with Crippen molar-refractivity contribution in [2.24, 2.45) is 5.92 Å². The van der Waals surface area contributed by atoms with E-state index < -0.39 is 21.9 Å². The Hall–Kier alpha value is -3.54. The van der Waals surface area contributed by atoms with Crippen molar-refractivity contribution in [1.82, 2.24) is 4.98 Å². The van der Waals surface area contributed by atoms with Crippen LogP contribution in [-0.2, 0) is 19.6 Å². The smallest absolute Gasteiger partial charge is 0.337 e. The van der Waals surface area contributed by atoms with Gasteiger partial charge in [-0.15, -0.1) is 0 Å². The zero-order chi connectivity index (χ0) is 24.9. The first-order valence-electron chi connectivity index (χ1n) is 10.6. The first kappa shape index (κ1) is 25.1. The lowest BCUT2D eigenvalue weighted by atomic mass is 9.98. The molecule has 2 N–H and O–H groups in total. The molecule has 11 nitrogen and oxygen atoms in total. The molecule has 2 heterocycles. The number of hydrogen-bond donors (Lipinski definition) is 2. The zero-order valence-electron chi connectivity index (χ0n) is 19.1. The number of carbonyl (C=O) groups is 2. The van der Waals surface area contributed by atoms with E-state index in [-0.39, 0.29) is 46.8 Å². The molecule has 1 aliphatic heterocycles. The van der Waals surface area contributed by atoms with E-state index in [2.05, 4.69) is 9.71 Å². The Kier molecular flexibility index (Phi) is 7.82. The van der Waals surface area contributed by atoms with Gasteiger partial charge >= 0.3 is 11.9 Å². The Labute approximate surface area is 197 Å². The van der Waals surface area contributed by atoms with Crippen molar-refractivity contribution in [2.75, 3.05) is 43.5 Å². The number of benzene rings is 1. The van der Waals surface area contributed by atoms with Crippen LogP contribution < -0.4 is 19.1 Å². The van der Waals surface area contributed by atoms with Crippen LogP contribution in [0.2, 0.25) is 0 Å². The second kappa shape index (κ2) is 10.6. The number of piperidine rings is 1. The van der Waals surface area contributed by atoms with Crippen LogP contribution in [0.15, 0.2) is 35.4 Å². The van der Waals surface area contributed by atoms with Gasteiger partial charge in [-0.25, -0.2) is 18.2 Å². The summed E-state index contributed by atoms with van der Waals surface area (Å²) in [5, 5.41) is 9.42. The molecule has 12 heteroatoms. The van der Waals surface area contributed by atoms with Crippen molar-refractivity contribution in [3.05, 3.63) is 36.0 Å². The van der Waals surface area contributed by atoms with E-state index in [9.17, 15) is 23.1 Å². The Morgan fingerprint density at radius 1 is 1.24 bits per heavy atom. The number of nitrogens with one attached hydrogen (secondary N) is 1. The highest BCUT2D eigenvalue weighted by Gasteiger charge is 2.30. The van der Waals surface area contributed by atoms with Crippen LogP contribution in [-0.4, -0.2) is 64.4 Å². The molecule has 34 heavy (non-hydrogen) atoms. The summed E-state index contributed by atoms with van der Waals surface area (Å²) in [4.78, 5) is 29.6. The number of ether oxygens (including phenoxy) is 3. The van der Waals surface area contributed by atoms with E-state index in [0.29, 0.717) is 25.1 Å². The standard InChI is InChI=1S/C22H27N3O8S/c1-4-33-22(28)14-6-5-9-25(13-14)20-17(10-15(12-23-20)21(26)27)24-34(29,30)19-11-16(31-2)7-8-18(19)32-3/h7-8,10-12,14,24H,4-6,9,13H2,1-3H3,(H,26,27). The van der Waals surface area contributed by atoms with Gasteiger partial charge in [-0.2, -0.15) is 0 Å². The minimum Gasteiger partial charge on any atom is -0.497 e. The molecule has 0 spiro atoms. The molecular weight excluding hydrogens is 466 g/mol. The third kappa shape index (κ3) is 5.50. The molecule has 1 aliphatic rings. The fraction of sp³-hybridized carbons (Fsp3) is 0.409. The van der Waals surface area contributed by atoms with Gasteiger partial charge in [0.25, 0.3) is 10.0 Å². The first-order chi connectivity index (χ1) is 16.2. The van der Waals surface area contributed by atoms with Crippen LogP contribution in [0.4, 0.5) is 11.5 Å². The third-order valence-corrected chi connectivity index (χ3v) is 6.75. The lowest BCUT2D eigenvalue weighted by Crippen LogP contribution is -2.40. The number of aromatic nitrogens is 1. The molecule has 0 amide bonds. The summed E-state index contributed by atoms with van der Waals surface area (Å²) in [5.41, 5.74) is -0.229. The highest BCUT2D eigenvalue weighted by molar-refractivity contribution is 7.92. The van der Waals surface area contributed by atoms with Gasteiger partial charge in [-0.05, 0) is 38.0 Å². The summed E-state index contributed by atoms with van der Waals surface area (Å²) in [6.07, 6.45) is 2.43. The van der Waals surface area contributed by atoms with E-state index in [4.69, 9.17) is 14.2 Å². The van der Waals surface area contributed by atoms with Crippen molar-refractivity contribution in [3.8, 4) is 11.5 Å². The minimum atomic E-state index is -4.24. The SMILES string of the molecule is CCOC(=O)C1CCCN(c2ncc(C(=O)O)cc2NS(=O)(=O)c2cc(OC)ccc2OC)C1. The van der Waals surface area contributed by atoms with Gasteiger partial charge in [0, 0.05) is 25.4 Å². The molecule has 0 radical (unpaired) electrons. The monoisotopic (exact) mass is 493 g/mol. The van der Waals surface area contributed by atoms with E-state index in [1.165, 1.54) is 32.4 Å². The van der Waals surface area contributed by atoms with E-state index >= 15 is 0 Å². The maximum atomic E-state index is 13.3. The van der Waals surface area contributed by atoms with E-state index in [0.717, 1.165) is 6.20 Å². The van der Waals surface area contributed by atoms with Gasteiger partial charge in [-0.3, -0.25) is 9.52 Å². The molecule has 1 saturated heterocycles. The fourth-order valence-corrected chi connectivity index (χ4v) is 4.95. The van der Waals surface area contributed by atoms with E-state index in [1.807, 2.05) is 0 Å². The molecule has 1 unspecified atom stereocenters. The van der Waals surface area contributed by atoms with Gasteiger partial charge < -0.3 is 24.2 Å². The molecule has 184 valence electrons. The molecule has 0 saturated carbocycles. The number of hydrogen-bond acceptors (Lipinski definition) is 9. The second-order valence-electron chi connectivity index (χ2n) is 7.56. The number of esters is 1. The summed E-state index contributed by atoms with van der Waals surface area (Å²) in [6.45, 7) is 2.75. The van der Waals surface area contributed by atoms with Gasteiger partial charge in [0.2, 0.25) is 0 Å². The summed E-state index contributed by atoms with van der Waals surface area (Å²) in [6, 6.07) is 5.50. The van der Waals surface area contributed by atoms with Gasteiger partial charge in [0.15, 0.2) is 5.82 Å². The van der Waals surface area contributed by atoms with Crippen molar-refractivity contribution < 1.29 is 37.3 Å². The number of sulfonamides is 1. The van der Waals surface area contributed by atoms with Crippen LogP contribution in [0.3, 0.4) is 0 Å². The maximum absolute atomic E-state index is 13.3. The number of carboxylic acids is 1. The molecular formula is C22H27N3O8S. The van der Waals surface area contributed by atoms with Crippen LogP contribution in [0, 0.1) is 5.92 Å². The predicted molar refractivity (Wildman–Crippen MR) is 123 cm³/mol. The Morgan fingerprint density at radius 3 is 2.65 bits per heavy atom. The third-order valence-electron chi connectivity index (χ3n) is 5.36. The Bertz CT molecular complexity index is 1170. The number of aromatic carboxylic acids is 1. The van der Waals surface area contributed by atoms with Crippen LogP contribution >= 0.6 is 0 Å². The quantitative estimate of drug-likeness (QED) is 0.500. The summed E-state index contributed by atoms with van der Waals surface area (Å²) in [7, 11) is -1.50. The molecule has 2 aromatic rings. The summed E-state index contributed by atoms with van der Waals surface area (Å²) >= 11 is 0. The average molecular weight is 494 g/mol. The molecule has 0 bridgehead atoms. The zero-order valence-corrected chi connectivity index (χ0v) is 19.9. The minimum absolute atomic E-state index is 0.0331. The van der Waals surface area contributed by atoms with Crippen molar-refractivity contribution in [3.63, 3.8) is 0 Å². The molecule has 0 aliphatic carbocycles. The second-order valence-corrected chi connectivity index (χ2v) is 9.21. The van der Waals surface area contributed by atoms with Crippen LogP contribution in [0.25, 0.3) is 0 Å². The predicted octanol–water partition coefficient (Wildman–Crippen LogP) is 2.38. The average Bonchev–Trinajstić information content (AvgIpc) is 2.83. The number of methoxy groups -OCH3 is 2. The highest BCUT2D eigenvalue weighted by atomic mass is 32.2. The van der Waals surface area contributed by atoms with Gasteiger partial charge in [-0.1, -0.05) is 0 Å². The number of anilines is 2. The number of carboxylic acid groups (broad SMARTS) is 1. The topological polar surface area (TPSA) is 144 Å². The van der Waals surface area contributed by atoms with Crippen molar-refractivity contribution >= 4 is 33.5 Å². The molecule has 3 rings (SSSR count). The van der Waals surface area contributed by atoms with Crippen molar-refractivity contribution in [2.45, 2.75) is 24.7 Å². The lowest BCUT2D eigenvalue weighted by molar-refractivity contribution is -0.148. The maximum Gasteiger partial charge on any atom is 0.337 e. The fourth-order valence-electron chi connectivity index (χ4n) is 3.72. The van der Waals surface area contributed by atoms with Gasteiger partial charge in [0.1, 0.15) is 16.4 Å². The molecule has 1 aromatic carbocycles. The van der Waals surface area contributed by atoms with Crippen LogP contribution in [0.1, 0.15) is 30.1 Å². The summed E-state index contributed by atoms with van der Waals surface area (Å²) in [5.74, 6) is -1.41. The largest absolute Gasteiger partial charge is 0.497 e.